The first-order valence-corrected chi connectivity index (χ1v) is 5.73. The van der Waals surface area contributed by atoms with Crippen LogP contribution in [0.4, 0.5) is 16.2 Å². The van der Waals surface area contributed by atoms with Crippen LogP contribution in [0.15, 0.2) is 12.5 Å². The Morgan fingerprint density at radius 3 is 2.63 bits per heavy atom. The van der Waals surface area contributed by atoms with Gasteiger partial charge in [-0.25, -0.2) is 9.37 Å². The van der Waals surface area contributed by atoms with Gasteiger partial charge in [0.1, 0.15) is 6.33 Å². The van der Waals surface area contributed by atoms with E-state index in [9.17, 15) is 4.39 Å². The van der Waals surface area contributed by atoms with Crippen LogP contribution in [0.25, 0.3) is 0 Å². The van der Waals surface area contributed by atoms with E-state index in [-0.39, 0.29) is 5.82 Å². The van der Waals surface area contributed by atoms with Crippen LogP contribution in [-0.4, -0.2) is 45.9 Å². The molecule has 0 bridgehead atoms. The van der Waals surface area contributed by atoms with Crippen molar-refractivity contribution in [1.82, 2.24) is 24.7 Å². The number of rotatable bonds is 4. The average molecular weight is 265 g/mol. The molecule has 2 aromatic rings. The largest absolute Gasteiger partial charge is 0.360 e. The lowest BCUT2D eigenvalue weighted by atomic mass is 10.5. The summed E-state index contributed by atoms with van der Waals surface area (Å²) in [5.74, 6) is 1.03. The van der Waals surface area contributed by atoms with Gasteiger partial charge in [0.25, 0.3) is 0 Å². The molecule has 2 heterocycles. The first-order chi connectivity index (χ1) is 8.99. The predicted molar refractivity (Wildman–Crippen MR) is 69.4 cm³/mol. The maximum Gasteiger partial charge on any atom is 0.227 e. The molecule has 0 aliphatic rings. The third-order valence-corrected chi connectivity index (χ3v) is 2.66. The summed E-state index contributed by atoms with van der Waals surface area (Å²) in [5.41, 5.74) is 0. The van der Waals surface area contributed by atoms with E-state index >= 15 is 0 Å². The molecule has 2 aromatic heterocycles. The number of nitrogens with zero attached hydrogens (tertiary/aromatic N) is 7. The lowest BCUT2D eigenvalue weighted by Crippen LogP contribution is -2.23. The fraction of sp³-hybridized carbons (Fsp3) is 0.455. The van der Waals surface area contributed by atoms with Crippen molar-refractivity contribution in [1.29, 1.82) is 0 Å². The van der Waals surface area contributed by atoms with E-state index in [0.29, 0.717) is 12.5 Å². The molecule has 0 fully saturated rings. The van der Waals surface area contributed by atoms with Gasteiger partial charge in [-0.2, -0.15) is 4.98 Å². The number of aryl methyl sites for hydroxylation is 1. The van der Waals surface area contributed by atoms with Crippen LogP contribution in [0.2, 0.25) is 0 Å². The van der Waals surface area contributed by atoms with Gasteiger partial charge in [-0.15, -0.1) is 10.2 Å². The number of halogens is 1. The highest BCUT2D eigenvalue weighted by molar-refractivity contribution is 5.43. The van der Waals surface area contributed by atoms with Gasteiger partial charge in [-0.3, -0.25) is 0 Å². The summed E-state index contributed by atoms with van der Waals surface area (Å²) in [6, 6.07) is 0. The minimum absolute atomic E-state index is 0.259. The highest BCUT2D eigenvalue weighted by Crippen LogP contribution is 2.17. The fourth-order valence-corrected chi connectivity index (χ4v) is 1.58. The average Bonchev–Trinajstić information content (AvgIpc) is 2.75. The van der Waals surface area contributed by atoms with Crippen LogP contribution in [-0.2, 0) is 13.6 Å². The second kappa shape index (κ2) is 5.17. The van der Waals surface area contributed by atoms with Crippen LogP contribution < -0.4 is 9.80 Å². The van der Waals surface area contributed by atoms with E-state index in [1.807, 2.05) is 18.7 Å². The minimum Gasteiger partial charge on any atom is -0.360 e. The summed E-state index contributed by atoms with van der Waals surface area (Å²) < 4.78 is 15.3. The monoisotopic (exact) mass is 265 g/mol. The summed E-state index contributed by atoms with van der Waals surface area (Å²) in [7, 11) is 7.15. The van der Waals surface area contributed by atoms with Crippen molar-refractivity contribution in [3.8, 4) is 0 Å². The molecule has 8 heteroatoms. The van der Waals surface area contributed by atoms with Crippen LogP contribution >= 0.6 is 0 Å². The number of hydrogen-bond acceptors (Lipinski definition) is 6. The third kappa shape index (κ3) is 2.78. The summed E-state index contributed by atoms with van der Waals surface area (Å²) in [6.45, 7) is 0.495. The Morgan fingerprint density at radius 2 is 2.05 bits per heavy atom. The SMILES string of the molecule is CN(C)c1nc(N(C)Cc2nncn2C)ncc1F. The van der Waals surface area contributed by atoms with Crippen molar-refractivity contribution in [3.63, 3.8) is 0 Å². The molecule has 0 aliphatic heterocycles. The molecule has 7 nitrogen and oxygen atoms in total. The molecule has 0 saturated heterocycles. The molecule has 0 aromatic carbocycles. The quantitative estimate of drug-likeness (QED) is 0.799. The first kappa shape index (κ1) is 13.2. The Balaban J connectivity index is 2.22. The second-order valence-electron chi connectivity index (χ2n) is 4.45. The molecular weight excluding hydrogens is 249 g/mol. The summed E-state index contributed by atoms with van der Waals surface area (Å²) in [6.07, 6.45) is 2.80. The van der Waals surface area contributed by atoms with Crippen molar-refractivity contribution in [2.45, 2.75) is 6.54 Å². The van der Waals surface area contributed by atoms with Crippen molar-refractivity contribution in [3.05, 3.63) is 24.2 Å². The zero-order valence-corrected chi connectivity index (χ0v) is 11.4. The van der Waals surface area contributed by atoms with Gasteiger partial charge in [0.15, 0.2) is 17.5 Å². The normalized spacial score (nSPS) is 10.6. The summed E-state index contributed by atoms with van der Waals surface area (Å²) >= 11 is 0. The van der Waals surface area contributed by atoms with Gasteiger partial charge < -0.3 is 14.4 Å². The van der Waals surface area contributed by atoms with Crippen LogP contribution in [0.1, 0.15) is 5.82 Å². The molecule has 102 valence electrons. The van der Waals surface area contributed by atoms with Crippen molar-refractivity contribution in [2.75, 3.05) is 30.9 Å². The number of aromatic nitrogens is 5. The Bertz CT molecular complexity index is 566. The Hall–Kier alpha value is -2.25. The molecule has 0 radical (unpaired) electrons. The van der Waals surface area contributed by atoms with Gasteiger partial charge in [-0.05, 0) is 0 Å². The first-order valence-electron chi connectivity index (χ1n) is 5.73. The van der Waals surface area contributed by atoms with Gasteiger partial charge in [-0.1, -0.05) is 0 Å². The highest BCUT2D eigenvalue weighted by Gasteiger charge is 2.13. The van der Waals surface area contributed by atoms with Crippen molar-refractivity contribution in [2.24, 2.45) is 7.05 Å². The van der Waals surface area contributed by atoms with Gasteiger partial charge in [0.2, 0.25) is 5.95 Å². The Morgan fingerprint density at radius 1 is 1.32 bits per heavy atom. The smallest absolute Gasteiger partial charge is 0.227 e. The van der Waals surface area contributed by atoms with Crippen LogP contribution in [0, 0.1) is 5.82 Å². The van der Waals surface area contributed by atoms with E-state index in [0.717, 1.165) is 5.82 Å². The lowest BCUT2D eigenvalue weighted by Gasteiger charge is -2.19. The highest BCUT2D eigenvalue weighted by atomic mass is 19.1. The number of anilines is 2. The Labute approximate surface area is 110 Å². The molecule has 0 atom stereocenters. The second-order valence-corrected chi connectivity index (χ2v) is 4.45. The van der Waals surface area contributed by atoms with E-state index in [1.54, 1.807) is 30.2 Å². The zero-order chi connectivity index (χ0) is 14.0. The van der Waals surface area contributed by atoms with E-state index in [1.165, 1.54) is 6.20 Å². The summed E-state index contributed by atoms with van der Waals surface area (Å²) in [4.78, 5) is 11.6. The van der Waals surface area contributed by atoms with Crippen molar-refractivity contribution < 1.29 is 4.39 Å². The van der Waals surface area contributed by atoms with Crippen LogP contribution in [0.3, 0.4) is 0 Å². The molecular formula is C11H16FN7. The molecule has 0 amide bonds. The molecule has 0 spiro atoms. The minimum atomic E-state index is -0.444. The zero-order valence-electron chi connectivity index (χ0n) is 11.4. The van der Waals surface area contributed by atoms with E-state index in [2.05, 4.69) is 20.2 Å². The summed E-state index contributed by atoms with van der Waals surface area (Å²) in [5, 5.41) is 7.79. The van der Waals surface area contributed by atoms with Gasteiger partial charge >= 0.3 is 0 Å². The predicted octanol–water partition coefficient (Wildman–Crippen LogP) is 0.447. The topological polar surface area (TPSA) is 63.0 Å². The molecule has 0 aliphatic carbocycles. The van der Waals surface area contributed by atoms with Gasteiger partial charge in [0.05, 0.1) is 12.7 Å². The van der Waals surface area contributed by atoms with E-state index < -0.39 is 5.82 Å². The maximum atomic E-state index is 13.5. The fourth-order valence-electron chi connectivity index (χ4n) is 1.58. The van der Waals surface area contributed by atoms with E-state index in [4.69, 9.17) is 0 Å². The third-order valence-electron chi connectivity index (χ3n) is 2.66. The van der Waals surface area contributed by atoms with Gasteiger partial charge in [0, 0.05) is 28.2 Å². The lowest BCUT2D eigenvalue weighted by molar-refractivity contribution is 0.609. The van der Waals surface area contributed by atoms with Crippen molar-refractivity contribution >= 4 is 11.8 Å². The molecule has 0 N–H and O–H groups in total. The standard InChI is InChI=1S/C11H16FN7/c1-17(2)10-8(12)5-13-11(15-10)18(3)6-9-16-14-7-19(9)4/h5,7H,6H2,1-4H3. The molecule has 0 saturated carbocycles. The van der Waals surface area contributed by atoms with Crippen LogP contribution in [0.5, 0.6) is 0 Å². The molecule has 2 rings (SSSR count). The maximum absolute atomic E-state index is 13.5. The molecule has 19 heavy (non-hydrogen) atoms. The molecule has 0 unspecified atom stereocenters. The Kier molecular flexibility index (Phi) is 3.59. The number of hydrogen-bond donors (Lipinski definition) is 0.